The van der Waals surface area contributed by atoms with Crippen LogP contribution >= 0.6 is 0 Å². The van der Waals surface area contributed by atoms with Crippen molar-refractivity contribution >= 4 is 59.5 Å². The van der Waals surface area contributed by atoms with Crippen molar-refractivity contribution in [1.29, 1.82) is 0 Å². The van der Waals surface area contributed by atoms with Gasteiger partial charge in [-0.2, -0.15) is 0 Å². The molecule has 0 bridgehead atoms. The first-order chi connectivity index (χ1) is 23.2. The average Bonchev–Trinajstić information content (AvgIpc) is 3.46. The lowest BCUT2D eigenvalue weighted by Crippen LogP contribution is -2.34. The third kappa shape index (κ3) is 8.83. The van der Waals surface area contributed by atoms with Gasteiger partial charge in [-0.15, -0.1) is 0 Å². The van der Waals surface area contributed by atoms with E-state index < -0.39 is 26.0 Å². The molecule has 2 aromatic heterocycles. The Labute approximate surface area is 295 Å². The highest BCUT2D eigenvalue weighted by Crippen LogP contribution is 2.28. The lowest BCUT2D eigenvalue weighted by Gasteiger charge is -2.23. The smallest absolute Gasteiger partial charge is 0.338 e. The van der Waals surface area contributed by atoms with Crippen molar-refractivity contribution in [1.82, 2.24) is 28.5 Å². The van der Waals surface area contributed by atoms with Crippen LogP contribution in [0.3, 0.4) is 0 Å². The predicted octanol–water partition coefficient (Wildman–Crippen LogP) is 3.55. The lowest BCUT2D eigenvalue weighted by molar-refractivity contribution is 0.0600. The molecule has 0 spiro atoms. The molecule has 4 aromatic rings. The van der Waals surface area contributed by atoms with Crippen LogP contribution in [0.25, 0.3) is 21.8 Å². The molecular formula is C34H48N8O6S2. The first kappa shape index (κ1) is 38.8. The minimum atomic E-state index is -3.20. The maximum atomic E-state index is 11.9. The Morgan fingerprint density at radius 1 is 0.620 bits per heavy atom. The van der Waals surface area contributed by atoms with Gasteiger partial charge >= 0.3 is 5.97 Å². The van der Waals surface area contributed by atoms with E-state index in [1.807, 2.05) is 13.0 Å². The van der Waals surface area contributed by atoms with Gasteiger partial charge in [0, 0.05) is 63.1 Å². The number of anilines is 2. The number of ether oxygens (including phenoxy) is 1. The molecule has 2 aliphatic heterocycles. The molecule has 0 amide bonds. The van der Waals surface area contributed by atoms with Crippen molar-refractivity contribution in [3.8, 4) is 0 Å². The second-order valence-electron chi connectivity index (χ2n) is 12.5. The van der Waals surface area contributed by atoms with Gasteiger partial charge in [0.25, 0.3) is 0 Å². The summed E-state index contributed by atoms with van der Waals surface area (Å²) in [7, 11) is -4.99. The molecule has 0 atom stereocenters. The molecule has 0 N–H and O–H groups in total. The number of rotatable bonds is 5. The molecule has 2 aromatic carbocycles. The van der Waals surface area contributed by atoms with Crippen molar-refractivity contribution in [2.24, 2.45) is 0 Å². The number of hydrogen-bond acceptors (Lipinski definition) is 12. The van der Waals surface area contributed by atoms with E-state index in [9.17, 15) is 21.6 Å². The summed E-state index contributed by atoms with van der Waals surface area (Å²) in [6, 6.07) is 7.80. The van der Waals surface area contributed by atoms with Gasteiger partial charge in [0.1, 0.15) is 24.3 Å². The Hall–Kier alpha value is -3.99. The number of benzene rings is 2. The summed E-state index contributed by atoms with van der Waals surface area (Å²) in [5, 5.41) is 1.87. The standard InChI is InChI=1S/C17H22N4O4S.C16H22N4O2S.CH4/c1-12-9-14-15(10-13(12)17(22)25-2)18-11-19-16(14)20-5-4-6-21(8-7-20)26(3,23)24;1-12-9-14-15(10-13(12)2)17-11-18-16(14)19-5-4-6-20(8-7-19)23(3,21)22;/h9-11H,4-8H2,1-3H3;9-11H,4-8H2,1-3H3;1H4. The first-order valence-electron chi connectivity index (χ1n) is 16.1. The van der Waals surface area contributed by atoms with E-state index in [-0.39, 0.29) is 7.43 Å². The van der Waals surface area contributed by atoms with Crippen LogP contribution in [0.15, 0.2) is 36.9 Å². The summed E-state index contributed by atoms with van der Waals surface area (Å²) in [6.07, 6.45) is 7.08. The van der Waals surface area contributed by atoms with E-state index in [1.165, 1.54) is 41.4 Å². The van der Waals surface area contributed by atoms with Crippen molar-refractivity contribution in [3.63, 3.8) is 0 Å². The van der Waals surface area contributed by atoms with Crippen LogP contribution < -0.4 is 9.80 Å². The maximum Gasteiger partial charge on any atom is 0.338 e. The number of esters is 1. The molecule has 0 aliphatic carbocycles. The zero-order valence-electron chi connectivity index (χ0n) is 28.9. The highest BCUT2D eigenvalue weighted by molar-refractivity contribution is 7.88. The number of fused-ring (bicyclic) bond motifs is 2. The Morgan fingerprint density at radius 3 is 1.52 bits per heavy atom. The Morgan fingerprint density at radius 2 is 1.06 bits per heavy atom. The third-order valence-corrected chi connectivity index (χ3v) is 11.6. The quantitative estimate of drug-likeness (QED) is 0.276. The zero-order valence-corrected chi connectivity index (χ0v) is 30.5. The fraction of sp³-hybridized carbons (Fsp3) is 0.500. The number of sulfonamides is 2. The van der Waals surface area contributed by atoms with Crippen molar-refractivity contribution in [3.05, 3.63) is 59.2 Å². The highest BCUT2D eigenvalue weighted by Gasteiger charge is 2.25. The lowest BCUT2D eigenvalue weighted by atomic mass is 10.0. The molecule has 6 rings (SSSR count). The van der Waals surface area contributed by atoms with Crippen LogP contribution in [0.1, 0.15) is 47.3 Å². The van der Waals surface area contributed by atoms with Crippen molar-refractivity contribution < 1.29 is 26.4 Å². The Bertz CT molecular complexity index is 2080. The summed E-state index contributed by atoms with van der Waals surface area (Å²) in [5.41, 5.74) is 5.27. The van der Waals surface area contributed by atoms with Crippen LogP contribution in [0.4, 0.5) is 11.6 Å². The molecule has 272 valence electrons. The number of carbonyl (C=O) groups excluding carboxylic acids is 1. The number of nitrogens with zero attached hydrogens (tertiary/aromatic N) is 8. The van der Waals surface area contributed by atoms with Gasteiger partial charge in [0.15, 0.2) is 0 Å². The zero-order chi connectivity index (χ0) is 35.5. The third-order valence-electron chi connectivity index (χ3n) is 9.04. The topological polar surface area (TPSA) is 159 Å². The van der Waals surface area contributed by atoms with Gasteiger partial charge in [-0.1, -0.05) is 7.43 Å². The molecule has 14 nitrogen and oxygen atoms in total. The molecule has 0 radical (unpaired) electrons. The van der Waals surface area contributed by atoms with Crippen molar-refractivity contribution in [2.45, 2.75) is 41.0 Å². The summed E-state index contributed by atoms with van der Waals surface area (Å²) in [6.45, 7) is 10.7. The minimum absolute atomic E-state index is 0. The van der Waals surface area contributed by atoms with Crippen LogP contribution in [-0.2, 0) is 24.8 Å². The van der Waals surface area contributed by atoms with E-state index in [1.54, 1.807) is 16.7 Å². The summed E-state index contributed by atoms with van der Waals surface area (Å²) in [5.74, 6) is 1.25. The molecule has 2 aliphatic rings. The number of aryl methyl sites for hydroxylation is 3. The van der Waals surface area contributed by atoms with Gasteiger partial charge in [0.05, 0.1) is 36.2 Å². The van der Waals surface area contributed by atoms with E-state index in [0.717, 1.165) is 52.9 Å². The van der Waals surface area contributed by atoms with E-state index in [0.29, 0.717) is 56.9 Å². The first-order valence-corrected chi connectivity index (χ1v) is 19.8. The van der Waals surface area contributed by atoms with Crippen LogP contribution in [0.5, 0.6) is 0 Å². The minimum Gasteiger partial charge on any atom is -0.465 e. The fourth-order valence-corrected chi connectivity index (χ4v) is 7.96. The fourth-order valence-electron chi connectivity index (χ4n) is 6.21. The largest absolute Gasteiger partial charge is 0.465 e. The highest BCUT2D eigenvalue weighted by atomic mass is 32.2. The van der Waals surface area contributed by atoms with Crippen molar-refractivity contribution in [2.75, 3.05) is 81.8 Å². The Balaban J connectivity index is 0.000000222. The summed E-state index contributed by atoms with van der Waals surface area (Å²) >= 11 is 0. The monoisotopic (exact) mass is 728 g/mol. The maximum absolute atomic E-state index is 11.9. The van der Waals surface area contributed by atoms with Crippen LogP contribution in [0, 0.1) is 20.8 Å². The molecule has 4 heterocycles. The van der Waals surface area contributed by atoms with Gasteiger partial charge in [-0.25, -0.2) is 50.2 Å². The number of carbonyl (C=O) groups is 1. The van der Waals surface area contributed by atoms with Crippen LogP contribution in [0.2, 0.25) is 0 Å². The molecule has 2 fully saturated rings. The second kappa shape index (κ2) is 15.9. The Kier molecular flexibility index (Phi) is 12.4. The van der Waals surface area contributed by atoms with E-state index >= 15 is 0 Å². The SMILES string of the molecule is C.COC(=O)c1cc2ncnc(N3CCCN(S(C)(=O)=O)CC3)c2cc1C.Cc1cc2ncnc(N3CCCN(S(C)(=O)=O)CC3)c2cc1C. The summed E-state index contributed by atoms with van der Waals surface area (Å²) in [4.78, 5) is 33.7. The molecule has 2 saturated heterocycles. The van der Waals surface area contributed by atoms with Gasteiger partial charge < -0.3 is 14.5 Å². The van der Waals surface area contributed by atoms with E-state index in [4.69, 9.17) is 4.74 Å². The molecule has 16 heteroatoms. The molecule has 0 unspecified atom stereocenters. The number of methoxy groups -OCH3 is 1. The summed E-state index contributed by atoms with van der Waals surface area (Å²) < 4.78 is 55.0. The normalized spacial score (nSPS) is 16.6. The van der Waals surface area contributed by atoms with Gasteiger partial charge in [0.2, 0.25) is 20.0 Å². The van der Waals surface area contributed by atoms with E-state index in [2.05, 4.69) is 55.7 Å². The second-order valence-corrected chi connectivity index (χ2v) is 16.5. The molecule has 0 saturated carbocycles. The van der Waals surface area contributed by atoms with Crippen LogP contribution in [-0.4, -0.2) is 123 Å². The predicted molar refractivity (Wildman–Crippen MR) is 198 cm³/mol. The number of hydrogen-bond donors (Lipinski definition) is 0. The number of aromatic nitrogens is 4. The molecular weight excluding hydrogens is 681 g/mol. The van der Waals surface area contributed by atoms with Gasteiger partial charge in [-0.05, 0) is 74.6 Å². The van der Waals surface area contributed by atoms with Gasteiger partial charge in [-0.3, -0.25) is 0 Å². The molecule has 50 heavy (non-hydrogen) atoms. The average molecular weight is 729 g/mol.